The number of benzene rings is 1. The highest BCUT2D eigenvalue weighted by Gasteiger charge is 2.29. The SMILES string of the molecule is Cc1cc(C(=O)NC2C(C)CCNC2C)ccc1[N+](=O)[O-]. The summed E-state index contributed by atoms with van der Waals surface area (Å²) in [6.07, 6.45) is 1.02. The minimum Gasteiger partial charge on any atom is -0.347 e. The molecule has 3 unspecified atom stereocenters. The van der Waals surface area contributed by atoms with E-state index in [9.17, 15) is 14.9 Å². The highest BCUT2D eigenvalue weighted by Crippen LogP contribution is 2.20. The third kappa shape index (κ3) is 3.39. The second-order valence-corrected chi connectivity index (χ2v) is 5.77. The van der Waals surface area contributed by atoms with Gasteiger partial charge in [0, 0.05) is 29.3 Å². The molecule has 0 bridgehead atoms. The van der Waals surface area contributed by atoms with Gasteiger partial charge in [0.15, 0.2) is 0 Å². The standard InChI is InChI=1S/C15H21N3O3/c1-9-6-7-16-11(3)14(9)17-15(19)12-4-5-13(18(20)21)10(2)8-12/h4-5,8-9,11,14,16H,6-7H2,1-3H3,(H,17,19). The molecule has 1 fully saturated rings. The van der Waals surface area contributed by atoms with Crippen molar-refractivity contribution in [2.45, 2.75) is 39.3 Å². The van der Waals surface area contributed by atoms with Crippen molar-refractivity contribution >= 4 is 11.6 Å². The second kappa shape index (κ2) is 6.22. The van der Waals surface area contributed by atoms with Gasteiger partial charge in [-0.3, -0.25) is 14.9 Å². The fourth-order valence-corrected chi connectivity index (χ4v) is 2.84. The summed E-state index contributed by atoms with van der Waals surface area (Å²) in [5, 5.41) is 17.2. The second-order valence-electron chi connectivity index (χ2n) is 5.77. The zero-order chi connectivity index (χ0) is 15.6. The Morgan fingerprint density at radius 2 is 2.14 bits per heavy atom. The van der Waals surface area contributed by atoms with Crippen LogP contribution in [0.1, 0.15) is 36.2 Å². The summed E-state index contributed by atoms with van der Waals surface area (Å²) in [4.78, 5) is 22.7. The van der Waals surface area contributed by atoms with Crippen LogP contribution in [0.25, 0.3) is 0 Å². The molecule has 1 aromatic carbocycles. The zero-order valence-electron chi connectivity index (χ0n) is 12.6. The van der Waals surface area contributed by atoms with Crippen molar-refractivity contribution in [1.29, 1.82) is 0 Å². The Morgan fingerprint density at radius 3 is 2.71 bits per heavy atom. The third-order valence-electron chi connectivity index (χ3n) is 4.17. The van der Waals surface area contributed by atoms with Crippen molar-refractivity contribution in [3.63, 3.8) is 0 Å². The van der Waals surface area contributed by atoms with Crippen molar-refractivity contribution in [2.75, 3.05) is 6.54 Å². The minimum absolute atomic E-state index is 0.0348. The number of nitrogens with zero attached hydrogens (tertiary/aromatic N) is 1. The summed E-state index contributed by atoms with van der Waals surface area (Å²) in [6.45, 7) is 6.79. The molecule has 0 spiro atoms. The molecule has 114 valence electrons. The van der Waals surface area contributed by atoms with E-state index in [0.29, 0.717) is 17.0 Å². The van der Waals surface area contributed by atoms with Gasteiger partial charge >= 0.3 is 0 Å². The quantitative estimate of drug-likeness (QED) is 0.659. The third-order valence-corrected chi connectivity index (χ3v) is 4.17. The number of amides is 1. The fourth-order valence-electron chi connectivity index (χ4n) is 2.84. The molecule has 2 rings (SSSR count). The first-order valence-corrected chi connectivity index (χ1v) is 7.19. The molecule has 1 amide bonds. The highest BCUT2D eigenvalue weighted by atomic mass is 16.6. The van der Waals surface area contributed by atoms with Gasteiger partial charge in [-0.25, -0.2) is 0 Å². The Kier molecular flexibility index (Phi) is 4.57. The Balaban J connectivity index is 2.13. The molecule has 0 aromatic heterocycles. The maximum absolute atomic E-state index is 12.3. The van der Waals surface area contributed by atoms with Crippen LogP contribution in [0.5, 0.6) is 0 Å². The maximum atomic E-state index is 12.3. The summed E-state index contributed by atoms with van der Waals surface area (Å²) in [5.74, 6) is 0.227. The van der Waals surface area contributed by atoms with Crippen LogP contribution in [-0.4, -0.2) is 29.5 Å². The molecule has 1 aromatic rings. The van der Waals surface area contributed by atoms with Crippen LogP contribution < -0.4 is 10.6 Å². The topological polar surface area (TPSA) is 84.3 Å². The smallest absolute Gasteiger partial charge is 0.272 e. The first kappa shape index (κ1) is 15.4. The highest BCUT2D eigenvalue weighted by molar-refractivity contribution is 5.95. The molecular formula is C15H21N3O3. The van der Waals surface area contributed by atoms with Gasteiger partial charge in [0.05, 0.1) is 4.92 Å². The van der Waals surface area contributed by atoms with Gasteiger partial charge in [0.1, 0.15) is 0 Å². The Labute approximate surface area is 124 Å². The van der Waals surface area contributed by atoms with Crippen LogP contribution >= 0.6 is 0 Å². The summed E-state index contributed by atoms with van der Waals surface area (Å²) in [7, 11) is 0. The van der Waals surface area contributed by atoms with E-state index in [0.717, 1.165) is 13.0 Å². The lowest BCUT2D eigenvalue weighted by Crippen LogP contribution is -2.55. The minimum atomic E-state index is -0.438. The maximum Gasteiger partial charge on any atom is 0.272 e. The van der Waals surface area contributed by atoms with Crippen LogP contribution in [0.4, 0.5) is 5.69 Å². The fraction of sp³-hybridized carbons (Fsp3) is 0.533. The van der Waals surface area contributed by atoms with E-state index in [1.807, 2.05) is 0 Å². The van der Waals surface area contributed by atoms with E-state index in [1.54, 1.807) is 13.0 Å². The van der Waals surface area contributed by atoms with Gasteiger partial charge in [-0.1, -0.05) is 6.92 Å². The summed E-state index contributed by atoms with van der Waals surface area (Å²) in [5.41, 5.74) is 0.992. The summed E-state index contributed by atoms with van der Waals surface area (Å²) >= 11 is 0. The Hall–Kier alpha value is -1.95. The lowest BCUT2D eigenvalue weighted by molar-refractivity contribution is -0.385. The molecule has 6 nitrogen and oxygen atoms in total. The van der Waals surface area contributed by atoms with E-state index in [4.69, 9.17) is 0 Å². The van der Waals surface area contributed by atoms with Gasteiger partial charge in [0.25, 0.3) is 11.6 Å². The van der Waals surface area contributed by atoms with Crippen molar-refractivity contribution in [3.05, 3.63) is 39.4 Å². The van der Waals surface area contributed by atoms with E-state index < -0.39 is 4.92 Å². The Bertz CT molecular complexity index is 549. The average Bonchev–Trinajstić information content (AvgIpc) is 2.42. The zero-order valence-corrected chi connectivity index (χ0v) is 12.6. The van der Waals surface area contributed by atoms with Gasteiger partial charge < -0.3 is 10.6 Å². The van der Waals surface area contributed by atoms with Crippen molar-refractivity contribution in [1.82, 2.24) is 10.6 Å². The van der Waals surface area contributed by atoms with Gasteiger partial charge in [0.2, 0.25) is 0 Å². The van der Waals surface area contributed by atoms with Crippen LogP contribution in [0.3, 0.4) is 0 Å². The lowest BCUT2D eigenvalue weighted by Gasteiger charge is -2.36. The van der Waals surface area contributed by atoms with Crippen molar-refractivity contribution in [3.8, 4) is 0 Å². The number of nitro groups is 1. The normalized spacial score (nSPS) is 25.4. The number of aryl methyl sites for hydroxylation is 1. The van der Waals surface area contributed by atoms with Crippen LogP contribution in [0, 0.1) is 23.0 Å². The monoisotopic (exact) mass is 291 g/mol. The van der Waals surface area contributed by atoms with E-state index >= 15 is 0 Å². The molecule has 0 saturated carbocycles. The van der Waals surface area contributed by atoms with Crippen LogP contribution in [0.15, 0.2) is 18.2 Å². The largest absolute Gasteiger partial charge is 0.347 e. The molecule has 2 N–H and O–H groups in total. The molecule has 0 radical (unpaired) electrons. The number of hydrogen-bond donors (Lipinski definition) is 2. The average molecular weight is 291 g/mol. The molecule has 1 saturated heterocycles. The van der Waals surface area contributed by atoms with Crippen LogP contribution in [-0.2, 0) is 0 Å². The lowest BCUT2D eigenvalue weighted by atomic mass is 9.89. The molecule has 0 aliphatic carbocycles. The summed E-state index contributed by atoms with van der Waals surface area (Å²) < 4.78 is 0. The molecular weight excluding hydrogens is 270 g/mol. The number of carbonyl (C=O) groups excluding carboxylic acids is 1. The molecule has 21 heavy (non-hydrogen) atoms. The first-order valence-electron chi connectivity index (χ1n) is 7.19. The summed E-state index contributed by atoms with van der Waals surface area (Å²) in [6, 6.07) is 4.75. The molecule has 6 heteroatoms. The number of rotatable bonds is 3. The van der Waals surface area contributed by atoms with Crippen molar-refractivity contribution < 1.29 is 9.72 Å². The van der Waals surface area contributed by atoms with Gasteiger partial charge in [-0.15, -0.1) is 0 Å². The predicted molar refractivity (Wildman–Crippen MR) is 80.3 cm³/mol. The number of piperidine rings is 1. The molecule has 1 aliphatic rings. The van der Waals surface area contributed by atoms with Gasteiger partial charge in [-0.2, -0.15) is 0 Å². The van der Waals surface area contributed by atoms with E-state index in [2.05, 4.69) is 24.5 Å². The molecule has 1 aliphatic heterocycles. The number of carbonyl (C=O) groups is 1. The van der Waals surface area contributed by atoms with Crippen molar-refractivity contribution in [2.24, 2.45) is 5.92 Å². The van der Waals surface area contributed by atoms with E-state index in [1.165, 1.54) is 12.1 Å². The van der Waals surface area contributed by atoms with E-state index in [-0.39, 0.29) is 23.7 Å². The first-order chi connectivity index (χ1) is 9.90. The predicted octanol–water partition coefficient (Wildman–Crippen LogP) is 2.02. The van der Waals surface area contributed by atoms with Crippen LogP contribution in [0.2, 0.25) is 0 Å². The Morgan fingerprint density at radius 1 is 1.43 bits per heavy atom. The molecule has 3 atom stereocenters. The number of hydrogen-bond acceptors (Lipinski definition) is 4. The number of nitro benzene ring substituents is 1. The molecule has 1 heterocycles. The number of nitrogens with one attached hydrogen (secondary N) is 2. The van der Waals surface area contributed by atoms with Gasteiger partial charge in [-0.05, 0) is 44.9 Å².